The fourth-order valence-corrected chi connectivity index (χ4v) is 4.93. The maximum absolute atomic E-state index is 3.73. The predicted octanol–water partition coefficient (Wildman–Crippen LogP) is 4.05. The van der Waals surface area contributed by atoms with Crippen molar-refractivity contribution in [2.75, 3.05) is 28.2 Å². The van der Waals surface area contributed by atoms with Crippen LogP contribution >= 0.6 is 0 Å². The minimum absolute atomic E-state index is 0. The summed E-state index contributed by atoms with van der Waals surface area (Å²) in [7, 11) is 5.56. The Bertz CT molecular complexity index is 279. The van der Waals surface area contributed by atoms with E-state index in [0.29, 0.717) is 0 Å². The molecule has 0 amide bonds. The zero-order valence-corrected chi connectivity index (χ0v) is 17.7. The molecular formula is C15H32MoN3Si. The van der Waals surface area contributed by atoms with Crippen LogP contribution in [0.2, 0.25) is 13.1 Å². The van der Waals surface area contributed by atoms with E-state index in [4.69, 9.17) is 0 Å². The zero-order valence-electron chi connectivity index (χ0n) is 14.7. The summed E-state index contributed by atoms with van der Waals surface area (Å²) in [5.41, 5.74) is 0.209. The third-order valence-corrected chi connectivity index (χ3v) is 5.12. The minimum Gasteiger partial charge on any atom is -0.668 e. The Kier molecular flexibility index (Phi) is 16.4. The Morgan fingerprint density at radius 2 is 1.50 bits per heavy atom. The van der Waals surface area contributed by atoms with Crippen LogP contribution in [0.5, 0.6) is 0 Å². The molecular weight excluding hydrogens is 346 g/mol. The molecule has 0 fully saturated rings. The van der Waals surface area contributed by atoms with Gasteiger partial charge in [0.15, 0.2) is 0 Å². The first-order valence-corrected chi connectivity index (χ1v) is 9.67. The van der Waals surface area contributed by atoms with Crippen LogP contribution in [-0.2, 0) is 21.1 Å². The molecule has 0 aromatic carbocycles. The molecule has 117 valence electrons. The molecule has 0 spiro atoms. The third kappa shape index (κ3) is 14.7. The van der Waals surface area contributed by atoms with Gasteiger partial charge in [0, 0.05) is 5.54 Å². The maximum Gasteiger partial charge on any atom is 3.00 e. The van der Waals surface area contributed by atoms with Crippen molar-refractivity contribution in [2.24, 2.45) is 0 Å². The average Bonchev–Trinajstić information content (AvgIpc) is 2.68. The molecule has 0 atom stereocenters. The predicted molar refractivity (Wildman–Crippen MR) is 91.3 cm³/mol. The van der Waals surface area contributed by atoms with Gasteiger partial charge in [0.1, 0.15) is 8.24 Å². The van der Waals surface area contributed by atoms with E-state index in [1.165, 1.54) is 5.20 Å². The molecule has 1 aliphatic carbocycles. The van der Waals surface area contributed by atoms with Crippen LogP contribution < -0.4 is 4.98 Å². The summed E-state index contributed by atoms with van der Waals surface area (Å²) in [6, 6.07) is 0. The Balaban J connectivity index is -0.000000356. The van der Waals surface area contributed by atoms with E-state index in [-0.39, 0.29) is 26.6 Å². The van der Waals surface area contributed by atoms with Gasteiger partial charge in [0.25, 0.3) is 0 Å². The van der Waals surface area contributed by atoms with Crippen molar-refractivity contribution in [1.82, 2.24) is 4.98 Å². The van der Waals surface area contributed by atoms with E-state index in [0.717, 1.165) is 6.42 Å². The summed E-state index contributed by atoms with van der Waals surface area (Å²) in [6.07, 6.45) is 8.84. The second-order valence-electron chi connectivity index (χ2n) is 6.09. The first-order valence-electron chi connectivity index (χ1n) is 6.67. The number of nitrogens with zero attached hydrogens (tertiary/aromatic N) is 2. The van der Waals surface area contributed by atoms with Gasteiger partial charge in [-0.1, -0.05) is 13.1 Å². The summed E-state index contributed by atoms with van der Waals surface area (Å²) in [6.45, 7) is 11.4. The monoisotopic (exact) mass is 380 g/mol. The second-order valence-corrected chi connectivity index (χ2v) is 10.1. The third-order valence-electron chi connectivity index (χ3n) is 2.06. The summed E-state index contributed by atoms with van der Waals surface area (Å²) >= 11 is 0. The molecule has 20 heavy (non-hydrogen) atoms. The van der Waals surface area contributed by atoms with Crippen molar-refractivity contribution in [1.29, 1.82) is 0 Å². The van der Waals surface area contributed by atoms with Crippen molar-refractivity contribution in [2.45, 2.75) is 45.8 Å². The molecule has 1 N–H and O–H groups in total. The number of hydrogen-bond donors (Lipinski definition) is 1. The minimum atomic E-state index is -1.44. The Hall–Kier alpha value is 0.265. The van der Waals surface area contributed by atoms with E-state index in [1.807, 2.05) is 0 Å². The number of allylic oxidation sites excluding steroid dienone is 4. The smallest absolute Gasteiger partial charge is 0.668 e. The normalized spacial score (nSPS) is 13.3. The molecule has 5 heteroatoms. The molecule has 3 nitrogen and oxygen atoms in total. The fraction of sp³-hybridized carbons (Fsp3) is 0.733. The van der Waals surface area contributed by atoms with Gasteiger partial charge in [-0.25, -0.2) is 11.3 Å². The van der Waals surface area contributed by atoms with E-state index in [9.17, 15) is 0 Å². The molecule has 0 heterocycles. The first kappa shape index (κ1) is 25.2. The van der Waals surface area contributed by atoms with Gasteiger partial charge in [0.2, 0.25) is 0 Å². The number of rotatable bonds is 2. The van der Waals surface area contributed by atoms with Gasteiger partial charge >= 0.3 is 21.1 Å². The van der Waals surface area contributed by atoms with Gasteiger partial charge in [0.05, 0.1) is 0 Å². The van der Waals surface area contributed by atoms with E-state index in [2.05, 4.69) is 67.7 Å². The standard InChI is InChI=1S/C11H20NSi.2C2H6N.Mo/c1-11(2,3)12-13(4,5)10-8-6-7-9-10;2*1-3-2;/h6,8,12H,7H2,1-5H3;2*1-2H3;/q3*-1;+3. The van der Waals surface area contributed by atoms with Crippen LogP contribution in [0, 0.1) is 6.08 Å². The van der Waals surface area contributed by atoms with Crippen LogP contribution in [0.1, 0.15) is 27.2 Å². The molecule has 0 saturated heterocycles. The van der Waals surface area contributed by atoms with E-state index < -0.39 is 8.24 Å². The quantitative estimate of drug-likeness (QED) is 0.572. The van der Waals surface area contributed by atoms with E-state index >= 15 is 0 Å². The molecule has 1 radical (unpaired) electrons. The summed E-state index contributed by atoms with van der Waals surface area (Å²) in [4.78, 5) is 3.73. The second kappa shape index (κ2) is 13.0. The Labute approximate surface area is 142 Å². The van der Waals surface area contributed by atoms with Crippen molar-refractivity contribution >= 4 is 8.24 Å². The van der Waals surface area contributed by atoms with E-state index in [1.54, 1.807) is 28.2 Å². The topological polar surface area (TPSA) is 40.2 Å². The first-order chi connectivity index (χ1) is 8.64. The van der Waals surface area contributed by atoms with Gasteiger partial charge in [-0.05, 0) is 20.8 Å². The molecule has 0 aromatic rings. The summed E-state index contributed by atoms with van der Waals surface area (Å²) in [5, 5.41) is 8.42. The van der Waals surface area contributed by atoms with Crippen LogP contribution in [0.15, 0.2) is 17.3 Å². The van der Waals surface area contributed by atoms with Crippen LogP contribution in [0.4, 0.5) is 0 Å². The van der Waals surface area contributed by atoms with Gasteiger partial charge in [-0.15, -0.1) is 6.42 Å². The SMILES string of the molecule is CC(C)(C)N[Si](C)(C)C1=[C-]CC=C1.C[N-]C.C[N-]C.[Mo+3]. The molecule has 0 aliphatic heterocycles. The number of hydrogen-bond acceptors (Lipinski definition) is 1. The van der Waals surface area contributed by atoms with Gasteiger partial charge in [-0.2, -0.15) is 34.3 Å². The zero-order chi connectivity index (χ0) is 15.5. The molecule has 1 rings (SSSR count). The molecule has 0 saturated carbocycles. The molecule has 0 bridgehead atoms. The largest absolute Gasteiger partial charge is 3.00 e. The van der Waals surface area contributed by atoms with Crippen molar-refractivity contribution in [3.63, 3.8) is 0 Å². The van der Waals surface area contributed by atoms with Crippen LogP contribution in [0.25, 0.3) is 10.6 Å². The fourth-order valence-electron chi connectivity index (χ4n) is 1.84. The van der Waals surface area contributed by atoms with Crippen molar-refractivity contribution in [3.05, 3.63) is 34.1 Å². The van der Waals surface area contributed by atoms with Crippen molar-refractivity contribution < 1.29 is 21.1 Å². The summed E-state index contributed by atoms with van der Waals surface area (Å²) in [5.74, 6) is 0. The Morgan fingerprint density at radius 3 is 1.75 bits per heavy atom. The van der Waals surface area contributed by atoms with Gasteiger partial charge in [-0.3, -0.25) is 6.08 Å². The maximum atomic E-state index is 3.73. The van der Waals surface area contributed by atoms with Gasteiger partial charge < -0.3 is 15.6 Å². The average molecular weight is 378 g/mol. The summed E-state index contributed by atoms with van der Waals surface area (Å²) < 4.78 is 0. The Morgan fingerprint density at radius 1 is 1.10 bits per heavy atom. The molecule has 0 aromatic heterocycles. The van der Waals surface area contributed by atoms with Crippen LogP contribution in [-0.4, -0.2) is 42.0 Å². The van der Waals surface area contributed by atoms with Crippen LogP contribution in [0.3, 0.4) is 0 Å². The molecule has 1 aliphatic rings. The molecule has 0 unspecified atom stereocenters. The van der Waals surface area contributed by atoms with Crippen molar-refractivity contribution in [3.8, 4) is 0 Å². The number of nitrogens with one attached hydrogen (secondary N) is 1.